The highest BCUT2D eigenvalue weighted by Crippen LogP contribution is 2.57. The summed E-state index contributed by atoms with van der Waals surface area (Å²) < 4.78 is 20.9. The number of nitrogens with zero attached hydrogens (tertiary/aromatic N) is 2. The molecular weight excluding hydrogens is 391 g/mol. The number of benzene rings is 2. The maximum absolute atomic E-state index is 13.4. The van der Waals surface area contributed by atoms with Gasteiger partial charge in [-0.25, -0.2) is 9.07 Å². The van der Waals surface area contributed by atoms with Crippen molar-refractivity contribution in [3.8, 4) is 5.69 Å². The summed E-state index contributed by atoms with van der Waals surface area (Å²) >= 11 is 0. The van der Waals surface area contributed by atoms with Crippen LogP contribution in [0.4, 0.5) is 4.39 Å². The van der Waals surface area contributed by atoms with E-state index in [1.165, 1.54) is 17.7 Å². The normalized spacial score (nSPS) is 23.5. The number of furan rings is 1. The predicted molar refractivity (Wildman–Crippen MR) is 117 cm³/mol. The molecule has 31 heavy (non-hydrogen) atoms. The van der Waals surface area contributed by atoms with Crippen molar-refractivity contribution in [3.05, 3.63) is 89.2 Å². The summed E-state index contributed by atoms with van der Waals surface area (Å²) in [4.78, 5) is 0. The highest BCUT2D eigenvalue weighted by molar-refractivity contribution is 5.81. The van der Waals surface area contributed by atoms with Crippen molar-refractivity contribution >= 4 is 17.0 Å². The van der Waals surface area contributed by atoms with E-state index < -0.39 is 6.10 Å². The molecule has 2 aromatic carbocycles. The maximum Gasteiger partial charge on any atom is 0.134 e. The zero-order chi connectivity index (χ0) is 21.2. The van der Waals surface area contributed by atoms with Gasteiger partial charge in [0.2, 0.25) is 0 Å². The first-order valence-electron chi connectivity index (χ1n) is 10.7. The molecular formula is C26H23FN2O2. The van der Waals surface area contributed by atoms with Gasteiger partial charge >= 0.3 is 0 Å². The van der Waals surface area contributed by atoms with E-state index in [-0.39, 0.29) is 17.2 Å². The second-order valence-electron chi connectivity index (χ2n) is 8.98. The zero-order valence-corrected chi connectivity index (χ0v) is 17.3. The van der Waals surface area contributed by atoms with E-state index in [0.717, 1.165) is 52.7 Å². The number of allylic oxidation sites excluding steroid dienone is 1. The largest absolute Gasteiger partial charge is 0.464 e. The third-order valence-electron chi connectivity index (χ3n) is 7.31. The topological polar surface area (TPSA) is 51.2 Å². The van der Waals surface area contributed by atoms with Crippen LogP contribution in [0.3, 0.4) is 0 Å². The zero-order valence-electron chi connectivity index (χ0n) is 17.3. The summed E-state index contributed by atoms with van der Waals surface area (Å²) in [5.74, 6) is -0.155. The summed E-state index contributed by atoms with van der Waals surface area (Å²) in [6.07, 6.45) is 7.96. The molecule has 156 valence electrons. The lowest BCUT2D eigenvalue weighted by atomic mass is 9.67. The van der Waals surface area contributed by atoms with Crippen LogP contribution in [0.15, 0.2) is 71.0 Å². The van der Waals surface area contributed by atoms with Crippen LogP contribution < -0.4 is 0 Å². The fourth-order valence-electron chi connectivity index (χ4n) is 5.62. The van der Waals surface area contributed by atoms with Crippen LogP contribution in [-0.2, 0) is 6.42 Å². The number of fused-ring (bicyclic) bond motifs is 3. The molecule has 0 radical (unpaired) electrons. The van der Waals surface area contributed by atoms with E-state index in [1.54, 1.807) is 18.4 Å². The van der Waals surface area contributed by atoms with Gasteiger partial charge in [-0.15, -0.1) is 0 Å². The third kappa shape index (κ3) is 2.73. The Balaban J connectivity index is 1.37. The molecule has 2 aromatic heterocycles. The number of para-hydroxylation sites is 1. The monoisotopic (exact) mass is 414 g/mol. The van der Waals surface area contributed by atoms with Crippen LogP contribution in [-0.4, -0.2) is 14.9 Å². The van der Waals surface area contributed by atoms with Crippen LogP contribution in [0, 0.1) is 17.2 Å². The molecule has 1 saturated carbocycles. The van der Waals surface area contributed by atoms with Gasteiger partial charge in [-0.2, -0.15) is 5.10 Å². The SMILES string of the molecule is C[C@]12Cc3cnn(-c4ccc(F)cc4)c3C=C1CC[C@@H]2[C@@H](O)c1coc2ccccc12. The molecule has 3 atom stereocenters. The van der Waals surface area contributed by atoms with Gasteiger partial charge < -0.3 is 9.52 Å². The molecule has 1 N–H and O–H groups in total. The average molecular weight is 414 g/mol. The Labute approximate surface area is 179 Å². The van der Waals surface area contributed by atoms with Crippen LogP contribution in [0.25, 0.3) is 22.7 Å². The van der Waals surface area contributed by atoms with Crippen LogP contribution in [0.1, 0.15) is 42.7 Å². The minimum Gasteiger partial charge on any atom is -0.464 e. The molecule has 6 rings (SSSR count). The Kier molecular flexibility index (Phi) is 3.99. The van der Waals surface area contributed by atoms with Crippen molar-refractivity contribution in [1.29, 1.82) is 0 Å². The van der Waals surface area contributed by atoms with Gasteiger partial charge in [0.25, 0.3) is 0 Å². The summed E-state index contributed by atoms with van der Waals surface area (Å²) in [7, 11) is 0. The Hall–Kier alpha value is -3.18. The minimum absolute atomic E-state index is 0.0991. The predicted octanol–water partition coefficient (Wildman–Crippen LogP) is 5.85. The Morgan fingerprint density at radius 3 is 2.84 bits per heavy atom. The Morgan fingerprint density at radius 1 is 1.19 bits per heavy atom. The van der Waals surface area contributed by atoms with E-state index in [1.807, 2.05) is 35.1 Å². The van der Waals surface area contributed by atoms with E-state index in [0.29, 0.717) is 0 Å². The number of aromatic nitrogens is 2. The van der Waals surface area contributed by atoms with Crippen molar-refractivity contribution in [2.45, 2.75) is 32.3 Å². The van der Waals surface area contributed by atoms with Gasteiger partial charge in [-0.05, 0) is 72.6 Å². The van der Waals surface area contributed by atoms with Crippen molar-refractivity contribution in [2.75, 3.05) is 0 Å². The summed E-state index contributed by atoms with van der Waals surface area (Å²) in [5.41, 5.74) is 5.96. The molecule has 5 heteroatoms. The van der Waals surface area contributed by atoms with Gasteiger partial charge in [0.05, 0.1) is 29.9 Å². The molecule has 2 aliphatic rings. The lowest BCUT2D eigenvalue weighted by Gasteiger charge is -2.38. The smallest absolute Gasteiger partial charge is 0.134 e. The van der Waals surface area contributed by atoms with Crippen LogP contribution in [0.5, 0.6) is 0 Å². The molecule has 0 saturated heterocycles. The second kappa shape index (κ2) is 6.66. The first kappa shape index (κ1) is 18.6. The molecule has 4 aromatic rings. The van der Waals surface area contributed by atoms with Crippen LogP contribution >= 0.6 is 0 Å². The summed E-state index contributed by atoms with van der Waals surface area (Å²) in [6, 6.07) is 14.3. The standard InChI is InChI=1S/C26H23FN2O2/c1-26-13-16-14-28-29(19-9-7-18(27)8-10-19)23(16)12-17(26)6-11-22(26)25(30)21-15-31-24-5-3-2-4-20(21)24/h2-5,7-10,12,14-15,22,25,30H,6,11,13H2,1H3/t22-,25+,26+/m1/s1. The quantitative estimate of drug-likeness (QED) is 0.458. The molecule has 4 nitrogen and oxygen atoms in total. The Morgan fingerprint density at radius 2 is 2.00 bits per heavy atom. The van der Waals surface area contributed by atoms with E-state index in [2.05, 4.69) is 18.1 Å². The highest BCUT2D eigenvalue weighted by Gasteiger charge is 2.49. The van der Waals surface area contributed by atoms with Gasteiger partial charge in [-0.1, -0.05) is 30.7 Å². The molecule has 0 unspecified atom stereocenters. The maximum atomic E-state index is 13.4. The fraction of sp³-hybridized carbons (Fsp3) is 0.269. The first-order chi connectivity index (χ1) is 15.0. The fourth-order valence-corrected chi connectivity index (χ4v) is 5.62. The van der Waals surface area contributed by atoms with Gasteiger partial charge in [-0.3, -0.25) is 0 Å². The number of aliphatic hydroxyl groups excluding tert-OH is 1. The van der Waals surface area contributed by atoms with E-state index in [9.17, 15) is 9.50 Å². The molecule has 2 aliphatic carbocycles. The lowest BCUT2D eigenvalue weighted by molar-refractivity contribution is 0.0560. The number of rotatable bonds is 3. The van der Waals surface area contributed by atoms with Crippen molar-refractivity contribution in [1.82, 2.24) is 9.78 Å². The second-order valence-corrected chi connectivity index (χ2v) is 8.98. The molecule has 0 aliphatic heterocycles. The molecule has 0 amide bonds. The van der Waals surface area contributed by atoms with E-state index >= 15 is 0 Å². The molecule has 1 fully saturated rings. The number of hydrogen-bond acceptors (Lipinski definition) is 3. The molecule has 2 heterocycles. The number of halogens is 1. The van der Waals surface area contributed by atoms with Crippen molar-refractivity contribution in [3.63, 3.8) is 0 Å². The average Bonchev–Trinajstić information content (AvgIpc) is 3.46. The number of aliphatic hydroxyl groups is 1. The van der Waals surface area contributed by atoms with Gasteiger partial charge in [0, 0.05) is 10.9 Å². The summed E-state index contributed by atoms with van der Waals surface area (Å²) in [5, 5.41) is 17.0. The lowest BCUT2D eigenvalue weighted by Crippen LogP contribution is -2.32. The Bertz CT molecular complexity index is 1320. The third-order valence-corrected chi connectivity index (χ3v) is 7.31. The highest BCUT2D eigenvalue weighted by atomic mass is 19.1. The first-order valence-corrected chi connectivity index (χ1v) is 10.7. The van der Waals surface area contributed by atoms with E-state index in [4.69, 9.17) is 4.42 Å². The van der Waals surface area contributed by atoms with Crippen molar-refractivity contribution < 1.29 is 13.9 Å². The molecule has 0 spiro atoms. The molecule has 0 bridgehead atoms. The summed E-state index contributed by atoms with van der Waals surface area (Å²) in [6.45, 7) is 2.26. The van der Waals surface area contributed by atoms with Gasteiger partial charge in [0.1, 0.15) is 11.4 Å². The van der Waals surface area contributed by atoms with Gasteiger partial charge in [0.15, 0.2) is 0 Å². The van der Waals surface area contributed by atoms with Crippen molar-refractivity contribution in [2.24, 2.45) is 11.3 Å². The van der Waals surface area contributed by atoms with Crippen LogP contribution in [0.2, 0.25) is 0 Å². The number of hydrogen-bond donors (Lipinski definition) is 1. The minimum atomic E-state index is -0.590.